The van der Waals surface area contributed by atoms with Crippen LogP contribution >= 0.6 is 0 Å². The van der Waals surface area contributed by atoms with E-state index < -0.39 is 11.6 Å². The van der Waals surface area contributed by atoms with Crippen LogP contribution in [0, 0.1) is 25.5 Å². The Morgan fingerprint density at radius 2 is 1.58 bits per heavy atom. The Hall–Kier alpha value is -3.34. The Balaban J connectivity index is 1.83. The van der Waals surface area contributed by atoms with Crippen molar-refractivity contribution >= 4 is 12.0 Å². The van der Waals surface area contributed by atoms with Gasteiger partial charge in [-0.2, -0.15) is 0 Å². The van der Waals surface area contributed by atoms with Gasteiger partial charge in [0, 0.05) is 17.5 Å². The maximum atomic E-state index is 13.9. The van der Waals surface area contributed by atoms with E-state index in [1.54, 1.807) is 31.2 Å². The average molecular weight is 421 g/mol. The number of carbonyl (C=O) groups is 1. The second-order valence-corrected chi connectivity index (χ2v) is 7.74. The molecule has 31 heavy (non-hydrogen) atoms. The van der Waals surface area contributed by atoms with Crippen molar-refractivity contribution in [3.63, 3.8) is 0 Å². The Kier molecular flexibility index (Phi) is 7.29. The molecule has 5 heteroatoms. The molecule has 0 radical (unpaired) electrons. The predicted octanol–water partition coefficient (Wildman–Crippen LogP) is 6.31. The third kappa shape index (κ3) is 6.07. The van der Waals surface area contributed by atoms with Gasteiger partial charge in [-0.1, -0.05) is 47.6 Å². The predicted molar refractivity (Wildman–Crippen MR) is 118 cm³/mol. The van der Waals surface area contributed by atoms with E-state index >= 15 is 0 Å². The summed E-state index contributed by atoms with van der Waals surface area (Å²) in [6, 6.07) is 16.7. The van der Waals surface area contributed by atoms with Gasteiger partial charge in [0.1, 0.15) is 24.5 Å². The molecule has 1 unspecified atom stereocenters. The summed E-state index contributed by atoms with van der Waals surface area (Å²) >= 11 is 0. The van der Waals surface area contributed by atoms with Crippen LogP contribution in [0.1, 0.15) is 51.0 Å². The average Bonchev–Trinajstić information content (AvgIpc) is 2.74. The van der Waals surface area contributed by atoms with Crippen molar-refractivity contribution in [2.24, 2.45) is 5.16 Å². The van der Waals surface area contributed by atoms with Gasteiger partial charge in [0.2, 0.25) is 0 Å². The first-order chi connectivity index (χ1) is 14.9. The van der Waals surface area contributed by atoms with Gasteiger partial charge in [0.25, 0.3) is 0 Å². The number of hydrogen-bond acceptors (Lipinski definition) is 3. The minimum Gasteiger partial charge on any atom is -0.391 e. The number of aldehydes is 1. The van der Waals surface area contributed by atoms with Crippen molar-refractivity contribution < 1.29 is 18.4 Å². The number of halogens is 2. The number of aryl methyl sites for hydroxylation is 2. The molecule has 0 amide bonds. The van der Waals surface area contributed by atoms with E-state index in [9.17, 15) is 13.6 Å². The monoisotopic (exact) mass is 421 g/mol. The summed E-state index contributed by atoms with van der Waals surface area (Å²) in [5, 5.41) is 4.24. The normalized spacial score (nSPS) is 12.5. The van der Waals surface area contributed by atoms with Crippen LogP contribution in [0.3, 0.4) is 0 Å². The molecule has 0 fully saturated rings. The highest BCUT2D eigenvalue weighted by molar-refractivity contribution is 5.88. The maximum Gasteiger partial charge on any atom is 0.150 e. The lowest BCUT2D eigenvalue weighted by Gasteiger charge is -2.18. The van der Waals surface area contributed by atoms with Crippen LogP contribution in [0.2, 0.25) is 0 Å². The van der Waals surface area contributed by atoms with Crippen molar-refractivity contribution in [1.29, 1.82) is 0 Å². The van der Waals surface area contributed by atoms with E-state index in [1.807, 2.05) is 26.0 Å². The van der Waals surface area contributed by atoms with Crippen LogP contribution in [0.25, 0.3) is 0 Å². The van der Waals surface area contributed by atoms with Gasteiger partial charge >= 0.3 is 0 Å². The number of rotatable bonds is 8. The van der Waals surface area contributed by atoms with E-state index in [0.717, 1.165) is 29.0 Å². The molecule has 0 N–H and O–H groups in total. The van der Waals surface area contributed by atoms with Gasteiger partial charge in [-0.3, -0.25) is 4.79 Å². The number of carbonyl (C=O) groups excluding carboxylic acids is 1. The minimum absolute atomic E-state index is 0.227. The smallest absolute Gasteiger partial charge is 0.150 e. The second-order valence-electron chi connectivity index (χ2n) is 7.74. The zero-order valence-electron chi connectivity index (χ0n) is 17.9. The molecular formula is C26H25F2NO2. The number of hydrogen-bond donors (Lipinski definition) is 0. The first-order valence-electron chi connectivity index (χ1n) is 10.1. The molecule has 0 aliphatic rings. The van der Waals surface area contributed by atoms with Gasteiger partial charge in [-0.15, -0.1) is 0 Å². The molecule has 0 saturated carbocycles. The van der Waals surface area contributed by atoms with E-state index in [-0.39, 0.29) is 12.5 Å². The highest BCUT2D eigenvalue weighted by Crippen LogP contribution is 2.26. The van der Waals surface area contributed by atoms with Crippen molar-refractivity contribution in [3.05, 3.63) is 106 Å². The van der Waals surface area contributed by atoms with Crippen molar-refractivity contribution in [1.82, 2.24) is 0 Å². The lowest BCUT2D eigenvalue weighted by Crippen LogP contribution is -2.14. The minimum atomic E-state index is -0.621. The highest BCUT2D eigenvalue weighted by Gasteiger charge is 2.19. The van der Waals surface area contributed by atoms with Gasteiger partial charge in [0.05, 0.1) is 5.71 Å². The number of oxime groups is 1. The lowest BCUT2D eigenvalue weighted by atomic mass is 9.87. The van der Waals surface area contributed by atoms with Crippen LogP contribution in [0.15, 0.2) is 65.8 Å². The van der Waals surface area contributed by atoms with Gasteiger partial charge in [-0.25, -0.2) is 8.78 Å². The fourth-order valence-corrected chi connectivity index (χ4v) is 3.41. The molecule has 3 rings (SSSR count). The Labute approximate surface area is 181 Å². The Bertz CT molecular complexity index is 1070. The summed E-state index contributed by atoms with van der Waals surface area (Å²) in [4.78, 5) is 16.3. The summed E-state index contributed by atoms with van der Waals surface area (Å²) in [7, 11) is 0. The van der Waals surface area contributed by atoms with Crippen LogP contribution in [-0.2, 0) is 17.9 Å². The quantitative estimate of drug-likeness (QED) is 0.243. The zero-order valence-corrected chi connectivity index (χ0v) is 17.9. The van der Waals surface area contributed by atoms with Gasteiger partial charge < -0.3 is 4.84 Å². The molecule has 0 aromatic heterocycles. The molecule has 1 atom stereocenters. The van der Waals surface area contributed by atoms with Crippen molar-refractivity contribution in [2.45, 2.75) is 39.7 Å². The van der Waals surface area contributed by atoms with E-state index in [2.05, 4.69) is 11.2 Å². The fraction of sp³-hybridized carbons (Fsp3) is 0.231. The van der Waals surface area contributed by atoms with Crippen LogP contribution in [-0.4, -0.2) is 12.0 Å². The summed E-state index contributed by atoms with van der Waals surface area (Å²) in [6.07, 6.45) is 1.32. The molecule has 0 aliphatic heterocycles. The summed E-state index contributed by atoms with van der Waals surface area (Å²) in [6.45, 7) is 6.10. The van der Waals surface area contributed by atoms with E-state index in [4.69, 9.17) is 4.84 Å². The summed E-state index contributed by atoms with van der Waals surface area (Å²) < 4.78 is 27.8. The maximum absolute atomic E-state index is 13.9. The molecule has 3 aromatic carbocycles. The standard InChI is InChI=1S/C26H25F2NO2/c1-17-4-5-22(10-18(17)2)11-26(23-12-24(27)14-25(28)13-23)19(3)29-31-16-21-8-6-20(15-30)7-9-21/h4-10,12-15,26H,11,16H2,1-3H3/b29-19+. The van der Waals surface area contributed by atoms with Crippen LogP contribution in [0.4, 0.5) is 8.78 Å². The lowest BCUT2D eigenvalue weighted by molar-refractivity contribution is 0.112. The summed E-state index contributed by atoms with van der Waals surface area (Å²) in [5.41, 5.74) is 5.98. The van der Waals surface area contributed by atoms with Crippen molar-refractivity contribution in [2.75, 3.05) is 0 Å². The van der Waals surface area contributed by atoms with Crippen LogP contribution < -0.4 is 0 Å². The van der Waals surface area contributed by atoms with Crippen LogP contribution in [0.5, 0.6) is 0 Å². The third-order valence-corrected chi connectivity index (χ3v) is 5.36. The summed E-state index contributed by atoms with van der Waals surface area (Å²) in [5.74, 6) is -1.59. The zero-order chi connectivity index (χ0) is 22.4. The molecule has 3 aromatic rings. The molecule has 0 heterocycles. The highest BCUT2D eigenvalue weighted by atomic mass is 19.1. The number of nitrogens with zero attached hydrogens (tertiary/aromatic N) is 1. The fourth-order valence-electron chi connectivity index (χ4n) is 3.41. The van der Waals surface area contributed by atoms with E-state index in [1.165, 1.54) is 17.7 Å². The number of benzene rings is 3. The first-order valence-corrected chi connectivity index (χ1v) is 10.1. The molecular weight excluding hydrogens is 396 g/mol. The molecule has 0 spiro atoms. The van der Waals surface area contributed by atoms with Crippen molar-refractivity contribution in [3.8, 4) is 0 Å². The molecule has 0 aliphatic carbocycles. The second kappa shape index (κ2) is 10.1. The van der Waals surface area contributed by atoms with E-state index in [0.29, 0.717) is 23.3 Å². The largest absolute Gasteiger partial charge is 0.391 e. The molecule has 160 valence electrons. The van der Waals surface area contributed by atoms with Gasteiger partial charge in [-0.05, 0) is 67.1 Å². The molecule has 0 bridgehead atoms. The topological polar surface area (TPSA) is 38.7 Å². The Morgan fingerprint density at radius 1 is 0.935 bits per heavy atom. The Morgan fingerprint density at radius 3 is 2.19 bits per heavy atom. The van der Waals surface area contributed by atoms with Gasteiger partial charge in [0.15, 0.2) is 0 Å². The molecule has 0 saturated heterocycles. The SMILES string of the molecule is C/C(=N\OCc1ccc(C=O)cc1)C(Cc1ccc(C)c(C)c1)c1cc(F)cc(F)c1. The molecule has 3 nitrogen and oxygen atoms in total. The third-order valence-electron chi connectivity index (χ3n) is 5.36. The first kappa shape index (κ1) is 22.3.